The molecule has 7 heavy (non-hydrogen) atoms. The Kier molecular flexibility index (Phi) is 0.926. The van der Waals surface area contributed by atoms with Gasteiger partial charge in [0.05, 0.1) is 6.00 Å². The third-order valence-corrected chi connectivity index (χ3v) is 0.842. The maximum Gasteiger partial charge on any atom is 0.406 e. The van der Waals surface area contributed by atoms with Crippen molar-refractivity contribution in [2.45, 2.75) is 6.00 Å². The molecule has 1 heterocycles. The van der Waals surface area contributed by atoms with E-state index in [1.165, 1.54) is 0 Å². The van der Waals surface area contributed by atoms with Crippen molar-refractivity contribution in [2.24, 2.45) is 0 Å². The zero-order valence-corrected chi connectivity index (χ0v) is 4.10. The molecule has 0 aromatic rings. The molecule has 1 aliphatic rings. The number of rotatable bonds is 0. The molecule has 1 rings (SSSR count). The van der Waals surface area contributed by atoms with Crippen LogP contribution in [0.25, 0.3) is 0 Å². The summed E-state index contributed by atoms with van der Waals surface area (Å²) in [6.45, 7) is 0.652. The molecular weight excluding hydrogens is 92.8 g/mol. The SMILES string of the molecule is BC1CNC(=O)O1. The molecule has 1 unspecified atom stereocenters. The number of cyclic esters (lactones) is 1. The molecule has 1 N–H and O–H groups in total. The van der Waals surface area contributed by atoms with E-state index in [1.807, 2.05) is 7.85 Å². The normalized spacial score (nSPS) is 29.1. The van der Waals surface area contributed by atoms with Gasteiger partial charge in [-0.2, -0.15) is 0 Å². The van der Waals surface area contributed by atoms with E-state index in [1.54, 1.807) is 0 Å². The summed E-state index contributed by atoms with van der Waals surface area (Å²) in [6, 6.07) is 0.0625. The average Bonchev–Trinajstić information content (AvgIpc) is 1.87. The van der Waals surface area contributed by atoms with E-state index in [2.05, 4.69) is 10.1 Å². The number of ether oxygens (including phenoxy) is 1. The zero-order chi connectivity index (χ0) is 5.28. The zero-order valence-electron chi connectivity index (χ0n) is 4.10. The first-order valence-corrected chi connectivity index (χ1v) is 2.23. The summed E-state index contributed by atoms with van der Waals surface area (Å²) < 4.78 is 4.61. The number of alkyl carbamates (subject to hydrolysis) is 1. The fourth-order valence-electron chi connectivity index (χ4n) is 0.493. The molecule has 0 aromatic heterocycles. The lowest BCUT2D eigenvalue weighted by Crippen LogP contribution is -2.14. The molecule has 0 spiro atoms. The number of carbonyl (C=O) groups excluding carboxylic acids is 1. The van der Waals surface area contributed by atoms with Crippen molar-refractivity contribution in [3.05, 3.63) is 0 Å². The quantitative estimate of drug-likeness (QED) is 0.382. The van der Waals surface area contributed by atoms with E-state index in [4.69, 9.17) is 0 Å². The number of nitrogens with one attached hydrogen (secondary N) is 1. The molecule has 3 nitrogen and oxygen atoms in total. The Morgan fingerprint density at radius 1 is 2.00 bits per heavy atom. The van der Waals surface area contributed by atoms with Gasteiger partial charge in [0, 0.05) is 6.54 Å². The van der Waals surface area contributed by atoms with Gasteiger partial charge in [-0.05, 0) is 0 Å². The van der Waals surface area contributed by atoms with Gasteiger partial charge in [0.1, 0.15) is 0 Å². The monoisotopic (exact) mass is 99.0 g/mol. The van der Waals surface area contributed by atoms with Crippen molar-refractivity contribution >= 4 is 13.9 Å². The fourth-order valence-corrected chi connectivity index (χ4v) is 0.493. The van der Waals surface area contributed by atoms with Crippen LogP contribution in [0.5, 0.6) is 0 Å². The summed E-state index contributed by atoms with van der Waals surface area (Å²) >= 11 is 0. The van der Waals surface area contributed by atoms with E-state index in [9.17, 15) is 4.79 Å². The lowest BCUT2D eigenvalue weighted by atomic mass is 10.0. The Morgan fingerprint density at radius 3 is 2.86 bits per heavy atom. The largest absolute Gasteiger partial charge is 0.454 e. The van der Waals surface area contributed by atoms with E-state index in [-0.39, 0.29) is 12.1 Å². The van der Waals surface area contributed by atoms with Crippen LogP contribution in [-0.4, -0.2) is 26.5 Å². The highest BCUT2D eigenvalue weighted by molar-refractivity contribution is 6.12. The Bertz CT molecular complexity index is 94.9. The lowest BCUT2D eigenvalue weighted by Gasteiger charge is -1.92. The highest BCUT2D eigenvalue weighted by Gasteiger charge is 2.16. The Balaban J connectivity index is 2.40. The van der Waals surface area contributed by atoms with Gasteiger partial charge in [0.2, 0.25) is 0 Å². The molecule has 1 saturated heterocycles. The van der Waals surface area contributed by atoms with Gasteiger partial charge in [-0.25, -0.2) is 4.79 Å². The Hall–Kier alpha value is -0.665. The van der Waals surface area contributed by atoms with Gasteiger partial charge in [0.25, 0.3) is 0 Å². The van der Waals surface area contributed by atoms with E-state index < -0.39 is 0 Å². The minimum absolute atomic E-state index is 0.0625. The molecule has 4 heteroatoms. The fraction of sp³-hybridized carbons (Fsp3) is 0.667. The standard InChI is InChI=1S/C3H6BNO2/c4-2-1-5-3(6)7-2/h2H,1,4H2,(H,5,6). The first-order chi connectivity index (χ1) is 3.29. The number of hydrogen-bond donors (Lipinski definition) is 1. The molecule has 0 aliphatic carbocycles. The maximum atomic E-state index is 10.1. The average molecular weight is 98.9 g/mol. The van der Waals surface area contributed by atoms with Gasteiger partial charge < -0.3 is 10.1 Å². The minimum atomic E-state index is -0.299. The molecule has 1 atom stereocenters. The summed E-state index contributed by atoms with van der Waals surface area (Å²) in [7, 11) is 1.85. The first kappa shape index (κ1) is 4.49. The second kappa shape index (κ2) is 1.44. The Labute approximate surface area is 42.4 Å². The van der Waals surface area contributed by atoms with E-state index in [0.29, 0.717) is 6.54 Å². The summed E-state index contributed by atoms with van der Waals surface area (Å²) in [5.74, 6) is 0. The molecule has 0 bridgehead atoms. The third kappa shape index (κ3) is 0.854. The van der Waals surface area contributed by atoms with Crippen LogP contribution < -0.4 is 5.32 Å². The van der Waals surface area contributed by atoms with Crippen LogP contribution >= 0.6 is 0 Å². The number of hydrogen-bond acceptors (Lipinski definition) is 2. The van der Waals surface area contributed by atoms with Crippen molar-refractivity contribution in [3.8, 4) is 0 Å². The smallest absolute Gasteiger partial charge is 0.406 e. The third-order valence-electron chi connectivity index (χ3n) is 0.842. The molecule has 38 valence electrons. The van der Waals surface area contributed by atoms with Crippen LogP contribution in [0.3, 0.4) is 0 Å². The van der Waals surface area contributed by atoms with Gasteiger partial charge in [0.15, 0.2) is 7.85 Å². The molecular formula is C3H6BNO2. The topological polar surface area (TPSA) is 38.3 Å². The summed E-state index contributed by atoms with van der Waals surface area (Å²) in [5.41, 5.74) is 0. The second-order valence-electron chi connectivity index (χ2n) is 1.60. The van der Waals surface area contributed by atoms with Crippen molar-refractivity contribution in [1.29, 1.82) is 0 Å². The van der Waals surface area contributed by atoms with E-state index in [0.717, 1.165) is 0 Å². The van der Waals surface area contributed by atoms with Crippen LogP contribution in [0.2, 0.25) is 0 Å². The lowest BCUT2D eigenvalue weighted by molar-refractivity contribution is 0.168. The first-order valence-electron chi connectivity index (χ1n) is 2.23. The number of amides is 1. The second-order valence-corrected chi connectivity index (χ2v) is 1.60. The van der Waals surface area contributed by atoms with Crippen LogP contribution in [-0.2, 0) is 4.74 Å². The molecule has 1 fully saturated rings. The van der Waals surface area contributed by atoms with Crippen molar-refractivity contribution in [2.75, 3.05) is 6.54 Å². The van der Waals surface area contributed by atoms with Crippen LogP contribution in [0.1, 0.15) is 0 Å². The highest BCUT2D eigenvalue weighted by Crippen LogP contribution is 1.92. The van der Waals surface area contributed by atoms with Crippen molar-refractivity contribution in [1.82, 2.24) is 5.32 Å². The van der Waals surface area contributed by atoms with Crippen molar-refractivity contribution in [3.63, 3.8) is 0 Å². The van der Waals surface area contributed by atoms with Gasteiger partial charge in [-0.3, -0.25) is 0 Å². The van der Waals surface area contributed by atoms with Crippen LogP contribution in [0.4, 0.5) is 4.79 Å². The van der Waals surface area contributed by atoms with Gasteiger partial charge in [-0.1, -0.05) is 0 Å². The van der Waals surface area contributed by atoms with Gasteiger partial charge in [-0.15, -0.1) is 0 Å². The van der Waals surface area contributed by atoms with Crippen molar-refractivity contribution < 1.29 is 9.53 Å². The molecule has 0 saturated carbocycles. The van der Waals surface area contributed by atoms with Crippen LogP contribution in [0.15, 0.2) is 0 Å². The van der Waals surface area contributed by atoms with E-state index >= 15 is 0 Å². The highest BCUT2D eigenvalue weighted by atomic mass is 16.6. The summed E-state index contributed by atoms with van der Waals surface area (Å²) in [4.78, 5) is 10.1. The molecule has 0 aromatic carbocycles. The predicted molar refractivity (Wildman–Crippen MR) is 26.8 cm³/mol. The molecule has 0 radical (unpaired) electrons. The predicted octanol–water partition coefficient (Wildman–Crippen LogP) is -1.31. The van der Waals surface area contributed by atoms with Crippen LogP contribution in [0, 0.1) is 0 Å². The minimum Gasteiger partial charge on any atom is -0.454 e. The summed E-state index contributed by atoms with van der Waals surface area (Å²) in [5, 5.41) is 2.51. The summed E-state index contributed by atoms with van der Waals surface area (Å²) in [6.07, 6.45) is -0.299. The Morgan fingerprint density at radius 2 is 2.71 bits per heavy atom. The molecule has 1 amide bonds. The number of carbonyl (C=O) groups is 1. The molecule has 1 aliphatic heterocycles. The van der Waals surface area contributed by atoms with Gasteiger partial charge >= 0.3 is 6.09 Å². The maximum absolute atomic E-state index is 10.1.